The van der Waals surface area contributed by atoms with Gasteiger partial charge in [0.1, 0.15) is 5.03 Å². The van der Waals surface area contributed by atoms with Crippen LogP contribution in [0.4, 0.5) is 0 Å². The van der Waals surface area contributed by atoms with Crippen molar-refractivity contribution in [2.45, 2.75) is 31.6 Å². The molecule has 0 amide bonds. The van der Waals surface area contributed by atoms with Gasteiger partial charge in [-0.15, -0.1) is 11.8 Å². The average Bonchev–Trinajstić information content (AvgIpc) is 2.39. The summed E-state index contributed by atoms with van der Waals surface area (Å²) in [6.45, 7) is 5.03. The second-order valence-electron chi connectivity index (χ2n) is 3.64. The summed E-state index contributed by atoms with van der Waals surface area (Å²) in [7, 11) is 0. The first kappa shape index (κ1) is 15.9. The molecule has 1 aromatic rings. The highest BCUT2D eigenvalue weighted by atomic mass is 32.2. The zero-order chi connectivity index (χ0) is 14.1. The van der Waals surface area contributed by atoms with E-state index < -0.39 is 5.97 Å². The minimum Gasteiger partial charge on any atom is -0.478 e. The Hall–Kier alpha value is -1.11. The van der Waals surface area contributed by atoms with Crippen molar-refractivity contribution in [1.82, 2.24) is 4.98 Å². The van der Waals surface area contributed by atoms with Crippen molar-refractivity contribution >= 4 is 17.7 Å². The summed E-state index contributed by atoms with van der Waals surface area (Å²) in [5.74, 6) is -0.260. The van der Waals surface area contributed by atoms with Crippen LogP contribution in [-0.4, -0.2) is 41.3 Å². The number of rotatable bonds is 9. The molecule has 1 aromatic heterocycles. The van der Waals surface area contributed by atoms with E-state index >= 15 is 0 Å². The highest BCUT2D eigenvalue weighted by Crippen LogP contribution is 2.21. The van der Waals surface area contributed by atoms with Gasteiger partial charge in [-0.1, -0.05) is 0 Å². The maximum atomic E-state index is 11.0. The summed E-state index contributed by atoms with van der Waals surface area (Å²) in [6.07, 6.45) is 2.05. The third-order valence-corrected chi connectivity index (χ3v) is 3.34. The summed E-state index contributed by atoms with van der Waals surface area (Å²) < 4.78 is 10.9. The molecule has 1 rings (SSSR count). The fourth-order valence-electron chi connectivity index (χ4n) is 1.51. The first-order valence-corrected chi connectivity index (χ1v) is 7.21. The number of hydrogen-bond donors (Lipinski definition) is 1. The van der Waals surface area contributed by atoms with Crippen molar-refractivity contribution in [3.05, 3.63) is 23.9 Å². The van der Waals surface area contributed by atoms with Crippen LogP contribution in [0.2, 0.25) is 0 Å². The lowest BCUT2D eigenvalue weighted by Gasteiger charge is -2.16. The van der Waals surface area contributed by atoms with Gasteiger partial charge in [0, 0.05) is 31.6 Å². The van der Waals surface area contributed by atoms with Crippen molar-refractivity contribution in [2.75, 3.05) is 19.0 Å². The van der Waals surface area contributed by atoms with E-state index in [1.54, 1.807) is 18.3 Å². The Labute approximate surface area is 117 Å². The summed E-state index contributed by atoms with van der Waals surface area (Å²) in [5.41, 5.74) is 0.233. The van der Waals surface area contributed by atoms with Crippen LogP contribution in [0.25, 0.3) is 0 Å². The van der Waals surface area contributed by atoms with Crippen molar-refractivity contribution in [3.63, 3.8) is 0 Å². The molecule has 5 nitrogen and oxygen atoms in total. The van der Waals surface area contributed by atoms with E-state index in [4.69, 9.17) is 14.6 Å². The van der Waals surface area contributed by atoms with E-state index in [0.717, 1.165) is 0 Å². The molecule has 0 aromatic carbocycles. The van der Waals surface area contributed by atoms with Gasteiger partial charge in [-0.05, 0) is 26.0 Å². The summed E-state index contributed by atoms with van der Waals surface area (Å²) >= 11 is 1.40. The first-order chi connectivity index (χ1) is 9.19. The highest BCUT2D eigenvalue weighted by molar-refractivity contribution is 7.99. The Kier molecular flexibility index (Phi) is 7.47. The number of ether oxygens (including phenoxy) is 2. The first-order valence-electron chi connectivity index (χ1n) is 6.23. The van der Waals surface area contributed by atoms with E-state index in [9.17, 15) is 4.79 Å². The van der Waals surface area contributed by atoms with E-state index in [1.807, 2.05) is 13.8 Å². The quantitative estimate of drug-likeness (QED) is 0.555. The Bertz CT molecular complexity index is 394. The Morgan fingerprint density at radius 3 is 2.68 bits per heavy atom. The predicted octanol–water partition coefficient (Wildman–Crippen LogP) is 2.66. The highest BCUT2D eigenvalue weighted by Gasteiger charge is 2.13. The van der Waals surface area contributed by atoms with E-state index in [1.165, 1.54) is 11.8 Å². The normalized spacial score (nSPS) is 10.9. The van der Waals surface area contributed by atoms with Gasteiger partial charge in [-0.25, -0.2) is 9.78 Å². The number of carboxylic acids is 1. The van der Waals surface area contributed by atoms with Crippen molar-refractivity contribution in [2.24, 2.45) is 0 Å². The lowest BCUT2D eigenvalue weighted by molar-refractivity contribution is -0.136. The minimum atomic E-state index is -0.957. The lowest BCUT2D eigenvalue weighted by atomic mass is 10.3. The van der Waals surface area contributed by atoms with E-state index in [0.29, 0.717) is 30.4 Å². The molecule has 0 aliphatic carbocycles. The van der Waals surface area contributed by atoms with E-state index in [-0.39, 0.29) is 11.9 Å². The third kappa shape index (κ3) is 5.59. The monoisotopic (exact) mass is 285 g/mol. The topological polar surface area (TPSA) is 68.7 Å². The van der Waals surface area contributed by atoms with Crippen LogP contribution in [0.3, 0.4) is 0 Å². The second kappa shape index (κ2) is 8.90. The van der Waals surface area contributed by atoms with Crippen molar-refractivity contribution in [3.8, 4) is 0 Å². The molecular formula is C13H19NO4S. The van der Waals surface area contributed by atoms with Gasteiger partial charge in [0.15, 0.2) is 6.29 Å². The molecule has 0 aliphatic heterocycles. The number of carbonyl (C=O) groups is 1. The molecule has 1 heterocycles. The van der Waals surface area contributed by atoms with Gasteiger partial charge in [0.05, 0.1) is 5.56 Å². The summed E-state index contributed by atoms with van der Waals surface area (Å²) in [5, 5.41) is 9.57. The molecule has 106 valence electrons. The van der Waals surface area contributed by atoms with Crippen LogP contribution >= 0.6 is 11.8 Å². The molecule has 0 fully saturated rings. The van der Waals surface area contributed by atoms with Gasteiger partial charge in [0.2, 0.25) is 0 Å². The number of pyridine rings is 1. The molecule has 1 N–H and O–H groups in total. The molecule has 6 heteroatoms. The molecule has 0 saturated carbocycles. The van der Waals surface area contributed by atoms with Gasteiger partial charge in [0.25, 0.3) is 0 Å². The van der Waals surface area contributed by atoms with Crippen LogP contribution in [0.15, 0.2) is 23.4 Å². The zero-order valence-corrected chi connectivity index (χ0v) is 12.0. The minimum absolute atomic E-state index is 0.233. The smallest absolute Gasteiger partial charge is 0.338 e. The largest absolute Gasteiger partial charge is 0.478 e. The fraction of sp³-hybridized carbons (Fsp3) is 0.538. The van der Waals surface area contributed by atoms with Gasteiger partial charge >= 0.3 is 5.97 Å². The number of carboxylic acid groups (broad SMARTS) is 1. The Morgan fingerprint density at radius 2 is 2.11 bits per heavy atom. The Balaban J connectivity index is 2.50. The van der Waals surface area contributed by atoms with Crippen LogP contribution in [0, 0.1) is 0 Å². The van der Waals surface area contributed by atoms with Crippen LogP contribution in [-0.2, 0) is 9.47 Å². The predicted molar refractivity (Wildman–Crippen MR) is 73.6 cm³/mol. The molecule has 19 heavy (non-hydrogen) atoms. The van der Waals surface area contributed by atoms with Crippen LogP contribution in [0.1, 0.15) is 30.6 Å². The molecule has 0 atom stereocenters. The summed E-state index contributed by atoms with van der Waals surface area (Å²) in [6, 6.07) is 3.18. The van der Waals surface area contributed by atoms with Crippen molar-refractivity contribution < 1.29 is 19.4 Å². The van der Waals surface area contributed by atoms with Gasteiger partial charge < -0.3 is 14.6 Å². The fourth-order valence-corrected chi connectivity index (χ4v) is 2.46. The molecule has 0 aliphatic rings. The number of hydrogen-bond acceptors (Lipinski definition) is 5. The van der Waals surface area contributed by atoms with Crippen molar-refractivity contribution in [1.29, 1.82) is 0 Å². The molecule has 0 spiro atoms. The van der Waals surface area contributed by atoms with Crippen LogP contribution in [0.5, 0.6) is 0 Å². The van der Waals surface area contributed by atoms with Crippen LogP contribution < -0.4 is 0 Å². The molecule has 0 saturated heterocycles. The number of thioether (sulfide) groups is 1. The third-order valence-electron chi connectivity index (χ3n) is 2.30. The number of aromatic carboxylic acids is 1. The van der Waals surface area contributed by atoms with Gasteiger partial charge in [-0.3, -0.25) is 0 Å². The second-order valence-corrected chi connectivity index (χ2v) is 4.72. The number of nitrogens with zero attached hydrogens (tertiary/aromatic N) is 1. The lowest BCUT2D eigenvalue weighted by Crippen LogP contribution is -2.18. The average molecular weight is 285 g/mol. The standard InChI is InChI=1S/C13H19NO4S/c1-3-17-11(18-4-2)7-9-19-12-10(13(15)16)6-5-8-14-12/h5-6,8,11H,3-4,7,9H2,1-2H3,(H,15,16). The maximum Gasteiger partial charge on any atom is 0.338 e. The van der Waals surface area contributed by atoms with E-state index in [2.05, 4.69) is 4.98 Å². The molecule has 0 unspecified atom stereocenters. The molecule has 0 radical (unpaired) electrons. The SMILES string of the molecule is CCOC(CCSc1ncccc1C(=O)O)OCC. The zero-order valence-electron chi connectivity index (χ0n) is 11.2. The molecular weight excluding hydrogens is 266 g/mol. The maximum absolute atomic E-state index is 11.0. The summed E-state index contributed by atoms with van der Waals surface area (Å²) in [4.78, 5) is 15.1. The molecule has 0 bridgehead atoms. The van der Waals surface area contributed by atoms with Gasteiger partial charge in [-0.2, -0.15) is 0 Å². The number of aromatic nitrogens is 1. The Morgan fingerprint density at radius 1 is 1.42 bits per heavy atom.